The van der Waals surface area contributed by atoms with E-state index in [0.29, 0.717) is 6.54 Å². The van der Waals surface area contributed by atoms with Gasteiger partial charge in [0.2, 0.25) is 5.91 Å². The third-order valence-corrected chi connectivity index (χ3v) is 3.55. The van der Waals surface area contributed by atoms with E-state index in [9.17, 15) is 4.79 Å². The van der Waals surface area contributed by atoms with Crippen LogP contribution in [-0.2, 0) is 11.3 Å². The number of likely N-dealkylation sites (N-methyl/N-ethyl adjacent to an activating group) is 1. The zero-order valence-corrected chi connectivity index (χ0v) is 10.9. The first kappa shape index (κ1) is 12.9. The molecule has 0 aromatic heterocycles. The van der Waals surface area contributed by atoms with Gasteiger partial charge in [-0.3, -0.25) is 4.79 Å². The van der Waals surface area contributed by atoms with Gasteiger partial charge >= 0.3 is 0 Å². The van der Waals surface area contributed by atoms with Gasteiger partial charge in [-0.15, -0.1) is 0 Å². The van der Waals surface area contributed by atoms with Crippen molar-refractivity contribution in [3.63, 3.8) is 0 Å². The van der Waals surface area contributed by atoms with Crippen LogP contribution in [0.4, 0.5) is 5.69 Å². The van der Waals surface area contributed by atoms with Crippen molar-refractivity contribution in [1.82, 2.24) is 5.32 Å². The fourth-order valence-corrected chi connectivity index (χ4v) is 2.34. The third kappa shape index (κ3) is 2.82. The van der Waals surface area contributed by atoms with E-state index in [2.05, 4.69) is 10.2 Å². The second kappa shape index (κ2) is 5.87. The molecule has 18 heavy (non-hydrogen) atoms. The highest BCUT2D eigenvalue weighted by Gasteiger charge is 2.24. The van der Waals surface area contributed by atoms with E-state index in [1.807, 2.05) is 31.3 Å². The molecule has 1 heterocycles. The number of carbonyl (C=O) groups is 1. The summed E-state index contributed by atoms with van der Waals surface area (Å²) in [5.41, 5.74) is 7.76. The summed E-state index contributed by atoms with van der Waals surface area (Å²) in [4.78, 5) is 14.0. The number of nitrogens with one attached hydrogen (secondary N) is 1. The predicted molar refractivity (Wildman–Crippen MR) is 73.4 cm³/mol. The fourth-order valence-electron chi connectivity index (χ4n) is 2.34. The van der Waals surface area contributed by atoms with Gasteiger partial charge in [0, 0.05) is 25.8 Å². The van der Waals surface area contributed by atoms with Crippen LogP contribution in [0.3, 0.4) is 0 Å². The molecule has 1 aliphatic heterocycles. The normalized spacial score (nSPS) is 20.1. The fraction of sp³-hybridized carbons (Fsp3) is 0.500. The van der Waals surface area contributed by atoms with E-state index in [-0.39, 0.29) is 11.9 Å². The highest BCUT2D eigenvalue weighted by molar-refractivity contribution is 5.85. The lowest BCUT2D eigenvalue weighted by Crippen LogP contribution is -2.44. The lowest BCUT2D eigenvalue weighted by Gasteiger charge is -2.27. The van der Waals surface area contributed by atoms with Gasteiger partial charge in [-0.25, -0.2) is 0 Å². The van der Waals surface area contributed by atoms with Crippen LogP contribution in [0, 0.1) is 0 Å². The Morgan fingerprint density at radius 3 is 2.72 bits per heavy atom. The zero-order valence-electron chi connectivity index (χ0n) is 10.9. The maximum absolute atomic E-state index is 12.0. The van der Waals surface area contributed by atoms with Gasteiger partial charge in [-0.2, -0.15) is 0 Å². The molecule has 4 heteroatoms. The van der Waals surface area contributed by atoms with Gasteiger partial charge in [0.1, 0.15) is 6.04 Å². The number of rotatable bonds is 3. The summed E-state index contributed by atoms with van der Waals surface area (Å²) in [5, 5.41) is 2.97. The highest BCUT2D eigenvalue weighted by Crippen LogP contribution is 2.20. The van der Waals surface area contributed by atoms with Crippen molar-refractivity contribution in [1.29, 1.82) is 0 Å². The van der Waals surface area contributed by atoms with Gasteiger partial charge in [-0.05, 0) is 37.0 Å². The van der Waals surface area contributed by atoms with Gasteiger partial charge < -0.3 is 16.0 Å². The van der Waals surface area contributed by atoms with Crippen LogP contribution in [0.25, 0.3) is 0 Å². The molecule has 0 spiro atoms. The number of anilines is 1. The molecular formula is C14H21N3O. The van der Waals surface area contributed by atoms with Crippen molar-refractivity contribution in [3.8, 4) is 0 Å². The van der Waals surface area contributed by atoms with Gasteiger partial charge in [-0.1, -0.05) is 12.1 Å². The third-order valence-electron chi connectivity index (χ3n) is 3.55. The van der Waals surface area contributed by atoms with Gasteiger partial charge in [0.05, 0.1) is 0 Å². The lowest BCUT2D eigenvalue weighted by atomic mass is 10.1. The van der Waals surface area contributed by atoms with Crippen molar-refractivity contribution >= 4 is 11.6 Å². The Hall–Kier alpha value is -1.55. The molecule has 1 aromatic carbocycles. The number of hydrogen-bond donors (Lipinski definition) is 2. The SMILES string of the molecule is CN(c1ccc(CN)cc1)C1CCCCNC1=O. The predicted octanol–water partition coefficient (Wildman–Crippen LogP) is 1.25. The minimum atomic E-state index is -0.0590. The average Bonchev–Trinajstić information content (AvgIpc) is 2.63. The number of nitrogens with two attached hydrogens (primary N) is 1. The summed E-state index contributed by atoms with van der Waals surface area (Å²) in [6.45, 7) is 1.35. The molecule has 1 saturated heterocycles. The average molecular weight is 247 g/mol. The van der Waals surface area contributed by atoms with Crippen LogP contribution in [0.2, 0.25) is 0 Å². The van der Waals surface area contributed by atoms with E-state index in [1.54, 1.807) is 0 Å². The van der Waals surface area contributed by atoms with Gasteiger partial charge in [0.15, 0.2) is 0 Å². The second-order valence-corrected chi connectivity index (χ2v) is 4.78. The summed E-state index contributed by atoms with van der Waals surface area (Å²) in [7, 11) is 1.98. The first-order valence-corrected chi connectivity index (χ1v) is 6.52. The Balaban J connectivity index is 2.12. The van der Waals surface area contributed by atoms with Crippen molar-refractivity contribution in [2.24, 2.45) is 5.73 Å². The number of nitrogens with zero attached hydrogens (tertiary/aromatic N) is 1. The molecule has 1 aliphatic rings. The molecule has 4 nitrogen and oxygen atoms in total. The first-order chi connectivity index (χ1) is 8.72. The minimum Gasteiger partial charge on any atom is -0.363 e. The number of carbonyl (C=O) groups excluding carboxylic acids is 1. The van der Waals surface area contributed by atoms with Crippen LogP contribution >= 0.6 is 0 Å². The summed E-state index contributed by atoms with van der Waals surface area (Å²) in [5.74, 6) is 0.137. The molecule has 1 fully saturated rings. The first-order valence-electron chi connectivity index (χ1n) is 6.52. The molecule has 0 aliphatic carbocycles. The van der Waals surface area contributed by atoms with Crippen molar-refractivity contribution in [2.45, 2.75) is 31.8 Å². The van der Waals surface area contributed by atoms with Gasteiger partial charge in [0.25, 0.3) is 0 Å². The maximum atomic E-state index is 12.0. The summed E-state index contributed by atoms with van der Waals surface area (Å²) >= 11 is 0. The summed E-state index contributed by atoms with van der Waals surface area (Å²) in [6, 6.07) is 8.03. The summed E-state index contributed by atoms with van der Waals surface area (Å²) in [6.07, 6.45) is 3.08. The highest BCUT2D eigenvalue weighted by atomic mass is 16.2. The topological polar surface area (TPSA) is 58.4 Å². The summed E-state index contributed by atoms with van der Waals surface area (Å²) < 4.78 is 0. The molecule has 1 aromatic rings. The van der Waals surface area contributed by atoms with E-state index >= 15 is 0 Å². The van der Waals surface area contributed by atoms with E-state index in [1.165, 1.54) is 0 Å². The lowest BCUT2D eigenvalue weighted by molar-refractivity contribution is -0.122. The Labute approximate surface area is 108 Å². The number of benzene rings is 1. The van der Waals surface area contributed by atoms with E-state index in [4.69, 9.17) is 5.73 Å². The maximum Gasteiger partial charge on any atom is 0.242 e. The van der Waals surface area contributed by atoms with Crippen molar-refractivity contribution in [2.75, 3.05) is 18.5 Å². The van der Waals surface area contributed by atoms with Crippen LogP contribution in [0.1, 0.15) is 24.8 Å². The Morgan fingerprint density at radius 2 is 2.06 bits per heavy atom. The number of amides is 1. The van der Waals surface area contributed by atoms with Crippen LogP contribution in [-0.4, -0.2) is 25.5 Å². The van der Waals surface area contributed by atoms with Crippen LogP contribution in [0.5, 0.6) is 0 Å². The Bertz CT molecular complexity index is 402. The zero-order chi connectivity index (χ0) is 13.0. The Morgan fingerprint density at radius 1 is 1.33 bits per heavy atom. The molecule has 1 amide bonds. The molecule has 98 valence electrons. The number of hydrogen-bond acceptors (Lipinski definition) is 3. The largest absolute Gasteiger partial charge is 0.363 e. The molecule has 3 N–H and O–H groups in total. The standard InChI is InChI=1S/C14H21N3O/c1-17(12-7-5-11(10-15)6-8-12)13-4-2-3-9-16-14(13)18/h5-8,13H,2-4,9-10,15H2,1H3,(H,16,18). The molecular weight excluding hydrogens is 226 g/mol. The van der Waals surface area contributed by atoms with E-state index < -0.39 is 0 Å². The molecule has 0 saturated carbocycles. The molecule has 0 bridgehead atoms. The molecule has 1 atom stereocenters. The molecule has 0 radical (unpaired) electrons. The van der Waals surface area contributed by atoms with E-state index in [0.717, 1.165) is 37.1 Å². The molecule has 2 rings (SSSR count). The van der Waals surface area contributed by atoms with Crippen molar-refractivity contribution < 1.29 is 4.79 Å². The monoisotopic (exact) mass is 247 g/mol. The Kier molecular flexibility index (Phi) is 4.20. The quantitative estimate of drug-likeness (QED) is 0.845. The smallest absolute Gasteiger partial charge is 0.242 e. The molecule has 1 unspecified atom stereocenters. The van der Waals surface area contributed by atoms with Crippen LogP contribution in [0.15, 0.2) is 24.3 Å². The second-order valence-electron chi connectivity index (χ2n) is 4.78. The minimum absolute atomic E-state index is 0.0590. The van der Waals surface area contributed by atoms with Crippen molar-refractivity contribution in [3.05, 3.63) is 29.8 Å². The van der Waals surface area contributed by atoms with Crippen LogP contribution < -0.4 is 16.0 Å².